The van der Waals surface area contributed by atoms with Gasteiger partial charge in [0.1, 0.15) is 0 Å². The van der Waals surface area contributed by atoms with Crippen LogP contribution in [0, 0.1) is 0 Å². The van der Waals surface area contributed by atoms with Crippen LogP contribution in [0.25, 0.3) is 11.1 Å². The first-order chi connectivity index (χ1) is 11.6. The van der Waals surface area contributed by atoms with Crippen molar-refractivity contribution in [3.05, 3.63) is 93.9 Å². The zero-order chi connectivity index (χ0) is 16.9. The van der Waals surface area contributed by atoms with Crippen LogP contribution in [-0.2, 0) is 12.8 Å². The number of amides is 1. The quantitative estimate of drug-likeness (QED) is 0.759. The van der Waals surface area contributed by atoms with Gasteiger partial charge in [-0.05, 0) is 41.7 Å². The summed E-state index contributed by atoms with van der Waals surface area (Å²) in [6.07, 6.45) is 2.85. The molecule has 0 aliphatic heterocycles. The third-order valence-corrected chi connectivity index (χ3v) is 4.03. The van der Waals surface area contributed by atoms with Crippen molar-refractivity contribution in [1.82, 2.24) is 4.98 Å². The second-order valence-corrected chi connectivity index (χ2v) is 5.63. The van der Waals surface area contributed by atoms with E-state index >= 15 is 0 Å². The first-order valence-corrected chi connectivity index (χ1v) is 7.80. The minimum Gasteiger partial charge on any atom is -0.366 e. The summed E-state index contributed by atoms with van der Waals surface area (Å²) in [7, 11) is 0. The lowest BCUT2D eigenvalue weighted by Crippen LogP contribution is -2.16. The Morgan fingerprint density at radius 2 is 1.54 bits per heavy atom. The van der Waals surface area contributed by atoms with Gasteiger partial charge in [0.15, 0.2) is 0 Å². The largest absolute Gasteiger partial charge is 0.366 e. The molecule has 120 valence electrons. The van der Waals surface area contributed by atoms with E-state index < -0.39 is 5.91 Å². The summed E-state index contributed by atoms with van der Waals surface area (Å²) in [5.74, 6) is -0.447. The van der Waals surface area contributed by atoms with Crippen LogP contribution >= 0.6 is 0 Å². The molecule has 3 rings (SSSR count). The Morgan fingerprint density at radius 1 is 0.875 bits per heavy atom. The normalized spacial score (nSPS) is 10.5. The number of carbonyl (C=O) groups is 1. The molecule has 0 bridgehead atoms. The van der Waals surface area contributed by atoms with Crippen LogP contribution in [-0.4, -0.2) is 10.9 Å². The molecule has 0 spiro atoms. The van der Waals surface area contributed by atoms with Crippen molar-refractivity contribution in [1.29, 1.82) is 0 Å². The van der Waals surface area contributed by atoms with Crippen molar-refractivity contribution in [2.75, 3.05) is 0 Å². The average molecular weight is 318 g/mol. The van der Waals surface area contributed by atoms with E-state index in [0.29, 0.717) is 24.0 Å². The molecule has 24 heavy (non-hydrogen) atoms. The van der Waals surface area contributed by atoms with E-state index in [1.165, 1.54) is 0 Å². The summed E-state index contributed by atoms with van der Waals surface area (Å²) < 4.78 is 0. The maximum atomic E-state index is 12.1. The van der Waals surface area contributed by atoms with Gasteiger partial charge >= 0.3 is 0 Å². The van der Waals surface area contributed by atoms with E-state index in [4.69, 9.17) is 5.73 Å². The average Bonchev–Trinajstić information content (AvgIpc) is 2.62. The van der Waals surface area contributed by atoms with E-state index in [9.17, 15) is 9.59 Å². The highest BCUT2D eigenvalue weighted by Gasteiger charge is 2.09. The topological polar surface area (TPSA) is 76.0 Å². The summed E-state index contributed by atoms with van der Waals surface area (Å²) in [6.45, 7) is 0. The van der Waals surface area contributed by atoms with Crippen molar-refractivity contribution in [2.45, 2.75) is 12.8 Å². The number of pyridine rings is 1. The van der Waals surface area contributed by atoms with Gasteiger partial charge in [0.25, 0.3) is 5.56 Å². The van der Waals surface area contributed by atoms with Gasteiger partial charge in [-0.25, -0.2) is 0 Å². The van der Waals surface area contributed by atoms with Gasteiger partial charge in [0.05, 0.1) is 0 Å². The molecule has 4 heteroatoms. The number of aryl methyl sites for hydroxylation is 2. The molecule has 1 amide bonds. The van der Waals surface area contributed by atoms with Gasteiger partial charge in [-0.3, -0.25) is 9.59 Å². The molecule has 0 unspecified atom stereocenters. The zero-order valence-corrected chi connectivity index (χ0v) is 13.2. The van der Waals surface area contributed by atoms with Crippen LogP contribution in [0.1, 0.15) is 21.5 Å². The fraction of sp³-hybridized carbons (Fsp3) is 0.100. The van der Waals surface area contributed by atoms with E-state index in [1.807, 2.05) is 48.5 Å². The number of hydrogen-bond donors (Lipinski definition) is 2. The van der Waals surface area contributed by atoms with Gasteiger partial charge in [-0.2, -0.15) is 0 Å². The van der Waals surface area contributed by atoms with Crippen molar-refractivity contribution >= 4 is 5.91 Å². The molecule has 0 aliphatic rings. The molecule has 0 radical (unpaired) electrons. The highest BCUT2D eigenvalue weighted by atomic mass is 16.1. The van der Waals surface area contributed by atoms with Crippen molar-refractivity contribution in [2.24, 2.45) is 5.73 Å². The van der Waals surface area contributed by atoms with Gasteiger partial charge in [-0.15, -0.1) is 0 Å². The predicted octanol–water partition coefficient (Wildman–Crippen LogP) is 2.93. The molecule has 1 aromatic heterocycles. The number of nitrogens with two attached hydrogens (primary N) is 1. The maximum Gasteiger partial charge on any atom is 0.251 e. The Balaban J connectivity index is 1.86. The summed E-state index contributed by atoms with van der Waals surface area (Å²) >= 11 is 0. The van der Waals surface area contributed by atoms with Gasteiger partial charge < -0.3 is 10.7 Å². The Labute approximate surface area is 140 Å². The Kier molecular flexibility index (Phi) is 4.57. The molecular formula is C20H18N2O2. The van der Waals surface area contributed by atoms with Gasteiger partial charge in [-0.1, -0.05) is 48.5 Å². The first kappa shape index (κ1) is 15.7. The highest BCUT2D eigenvalue weighted by molar-refractivity contribution is 5.94. The molecule has 0 saturated heterocycles. The predicted molar refractivity (Wildman–Crippen MR) is 94.9 cm³/mol. The zero-order valence-electron chi connectivity index (χ0n) is 13.2. The fourth-order valence-corrected chi connectivity index (χ4v) is 2.76. The Hall–Kier alpha value is -3.14. The van der Waals surface area contributed by atoms with Crippen LogP contribution in [0.3, 0.4) is 0 Å². The smallest absolute Gasteiger partial charge is 0.251 e. The molecule has 1 heterocycles. The number of nitrogens with one attached hydrogen (secondary N) is 1. The summed E-state index contributed by atoms with van der Waals surface area (Å²) in [5.41, 5.74) is 9.37. The number of carbonyl (C=O) groups excluding carboxylic acids is 1. The minimum atomic E-state index is -0.447. The van der Waals surface area contributed by atoms with Crippen LogP contribution in [0.5, 0.6) is 0 Å². The lowest BCUT2D eigenvalue weighted by atomic mass is 9.98. The fourth-order valence-electron chi connectivity index (χ4n) is 2.76. The number of rotatable bonds is 5. The number of aromatic nitrogens is 1. The molecule has 0 saturated carbocycles. The minimum absolute atomic E-state index is 0.105. The molecule has 2 aromatic carbocycles. The van der Waals surface area contributed by atoms with Gasteiger partial charge in [0, 0.05) is 17.3 Å². The highest BCUT2D eigenvalue weighted by Crippen LogP contribution is 2.18. The number of aromatic amines is 1. The summed E-state index contributed by atoms with van der Waals surface area (Å²) in [6, 6.07) is 19.0. The standard InChI is InChI=1S/C20H18N2O2/c21-19(23)18-9-5-4-8-15(18)10-11-16-12-17(13-22-20(16)24)14-6-2-1-3-7-14/h1-9,12-13H,10-11H2,(H2,21,23)(H,22,24). The lowest BCUT2D eigenvalue weighted by molar-refractivity contribution is 0.0999. The Morgan fingerprint density at radius 3 is 2.29 bits per heavy atom. The molecule has 3 N–H and O–H groups in total. The molecular weight excluding hydrogens is 300 g/mol. The summed E-state index contributed by atoms with van der Waals surface area (Å²) in [5, 5.41) is 0. The monoisotopic (exact) mass is 318 g/mol. The third kappa shape index (κ3) is 3.43. The number of benzene rings is 2. The number of hydrogen-bond acceptors (Lipinski definition) is 2. The molecule has 3 aromatic rings. The molecule has 0 fully saturated rings. The second-order valence-electron chi connectivity index (χ2n) is 5.63. The lowest BCUT2D eigenvalue weighted by Gasteiger charge is -2.08. The number of primary amides is 1. The SMILES string of the molecule is NC(=O)c1ccccc1CCc1cc(-c2ccccc2)c[nH]c1=O. The van der Waals surface area contributed by atoms with Crippen LogP contribution < -0.4 is 11.3 Å². The van der Waals surface area contributed by atoms with Crippen molar-refractivity contribution < 1.29 is 4.79 Å². The number of H-pyrrole nitrogens is 1. The molecule has 0 aliphatic carbocycles. The van der Waals surface area contributed by atoms with Crippen molar-refractivity contribution in [3.8, 4) is 11.1 Å². The van der Waals surface area contributed by atoms with Crippen LogP contribution in [0.15, 0.2) is 71.7 Å². The molecule has 4 nitrogen and oxygen atoms in total. The van der Waals surface area contributed by atoms with Crippen LogP contribution in [0.4, 0.5) is 0 Å². The second kappa shape index (κ2) is 6.96. The third-order valence-electron chi connectivity index (χ3n) is 4.03. The van der Waals surface area contributed by atoms with Crippen molar-refractivity contribution in [3.63, 3.8) is 0 Å². The van der Waals surface area contributed by atoms with E-state index in [2.05, 4.69) is 4.98 Å². The maximum absolute atomic E-state index is 12.1. The van der Waals surface area contributed by atoms with Gasteiger partial charge in [0.2, 0.25) is 5.91 Å². The first-order valence-electron chi connectivity index (χ1n) is 7.80. The van der Waals surface area contributed by atoms with Crippen LogP contribution in [0.2, 0.25) is 0 Å². The molecule has 0 atom stereocenters. The summed E-state index contributed by atoms with van der Waals surface area (Å²) in [4.78, 5) is 26.4. The Bertz CT molecular complexity index is 914. The van der Waals surface area contributed by atoms with E-state index in [1.54, 1.807) is 18.3 Å². The van der Waals surface area contributed by atoms with E-state index in [0.717, 1.165) is 16.7 Å². The van der Waals surface area contributed by atoms with E-state index in [-0.39, 0.29) is 5.56 Å².